The van der Waals surface area contributed by atoms with Crippen LogP contribution in [0.1, 0.15) is 23.3 Å². The first kappa shape index (κ1) is 13.2. The summed E-state index contributed by atoms with van der Waals surface area (Å²) in [6.07, 6.45) is 2.64. The van der Waals surface area contributed by atoms with E-state index in [0.717, 1.165) is 29.3 Å². The Morgan fingerprint density at radius 3 is 2.74 bits per heavy atom. The van der Waals surface area contributed by atoms with Crippen molar-refractivity contribution >= 4 is 33.0 Å². The third kappa shape index (κ3) is 3.38. The van der Waals surface area contributed by atoms with Gasteiger partial charge >= 0.3 is 0 Å². The van der Waals surface area contributed by atoms with Gasteiger partial charge in [-0.25, -0.2) is 0 Å². The third-order valence-electron chi connectivity index (χ3n) is 3.48. The lowest BCUT2D eigenvalue weighted by molar-refractivity contribution is 0.248. The van der Waals surface area contributed by atoms with Crippen molar-refractivity contribution in [2.45, 2.75) is 32.0 Å². The maximum Gasteiger partial charge on any atom is 0.0371 e. The van der Waals surface area contributed by atoms with Crippen molar-refractivity contribution in [2.75, 3.05) is 5.73 Å². The average Bonchev–Trinajstić information content (AvgIpc) is 3.10. The predicted octanol–water partition coefficient (Wildman–Crippen LogP) is 4.26. The standard InChI is InChI=1S/C15H17BrN2S/c16-12-4-3-11(15(17)8-12)9-18(13-5-6-13)10-14-2-1-7-19-14/h1-4,7-8,13H,5-6,9-10,17H2. The largest absolute Gasteiger partial charge is 0.398 e. The van der Waals surface area contributed by atoms with Gasteiger partial charge in [-0.15, -0.1) is 11.3 Å². The number of thiophene rings is 1. The van der Waals surface area contributed by atoms with Gasteiger partial charge in [-0.1, -0.05) is 28.1 Å². The lowest BCUT2D eigenvalue weighted by atomic mass is 10.1. The second kappa shape index (κ2) is 5.65. The van der Waals surface area contributed by atoms with Crippen LogP contribution in [0.5, 0.6) is 0 Å². The molecule has 4 heteroatoms. The lowest BCUT2D eigenvalue weighted by Gasteiger charge is -2.22. The molecule has 2 N–H and O–H groups in total. The van der Waals surface area contributed by atoms with Gasteiger partial charge in [-0.05, 0) is 42.0 Å². The Balaban J connectivity index is 1.74. The molecule has 0 bridgehead atoms. The van der Waals surface area contributed by atoms with E-state index in [-0.39, 0.29) is 0 Å². The minimum Gasteiger partial charge on any atom is -0.398 e. The number of nitrogens with two attached hydrogens (primary N) is 1. The zero-order chi connectivity index (χ0) is 13.2. The van der Waals surface area contributed by atoms with Crippen LogP contribution >= 0.6 is 27.3 Å². The van der Waals surface area contributed by atoms with Crippen LogP contribution in [0.25, 0.3) is 0 Å². The van der Waals surface area contributed by atoms with Crippen LogP contribution in [0.15, 0.2) is 40.2 Å². The van der Waals surface area contributed by atoms with Crippen molar-refractivity contribution in [2.24, 2.45) is 0 Å². The van der Waals surface area contributed by atoms with E-state index in [9.17, 15) is 0 Å². The third-order valence-corrected chi connectivity index (χ3v) is 4.84. The molecule has 3 rings (SSSR count). The smallest absolute Gasteiger partial charge is 0.0371 e. The second-order valence-electron chi connectivity index (χ2n) is 5.06. The van der Waals surface area contributed by atoms with E-state index >= 15 is 0 Å². The summed E-state index contributed by atoms with van der Waals surface area (Å²) in [6.45, 7) is 1.99. The van der Waals surface area contributed by atoms with Gasteiger partial charge in [0.1, 0.15) is 0 Å². The van der Waals surface area contributed by atoms with E-state index in [4.69, 9.17) is 5.73 Å². The molecule has 1 saturated carbocycles. The molecule has 2 aromatic rings. The van der Waals surface area contributed by atoms with E-state index in [2.05, 4.69) is 50.5 Å². The van der Waals surface area contributed by atoms with Gasteiger partial charge in [0.15, 0.2) is 0 Å². The highest BCUT2D eigenvalue weighted by atomic mass is 79.9. The maximum atomic E-state index is 6.11. The Bertz CT molecular complexity index is 549. The van der Waals surface area contributed by atoms with Crippen molar-refractivity contribution in [3.8, 4) is 0 Å². The number of hydrogen-bond donors (Lipinski definition) is 1. The summed E-state index contributed by atoms with van der Waals surface area (Å²) in [5.41, 5.74) is 8.22. The normalized spacial score (nSPS) is 15.1. The summed E-state index contributed by atoms with van der Waals surface area (Å²) in [5, 5.41) is 2.15. The predicted molar refractivity (Wildman–Crippen MR) is 85.1 cm³/mol. The maximum absolute atomic E-state index is 6.11. The van der Waals surface area contributed by atoms with Crippen molar-refractivity contribution in [1.82, 2.24) is 4.90 Å². The van der Waals surface area contributed by atoms with Gasteiger partial charge in [-0.3, -0.25) is 4.90 Å². The van der Waals surface area contributed by atoms with Crippen molar-refractivity contribution in [3.63, 3.8) is 0 Å². The number of rotatable bonds is 5. The summed E-state index contributed by atoms with van der Waals surface area (Å²) in [6, 6.07) is 11.3. The summed E-state index contributed by atoms with van der Waals surface area (Å²) in [7, 11) is 0. The molecule has 2 nitrogen and oxygen atoms in total. The molecule has 19 heavy (non-hydrogen) atoms. The van der Waals surface area contributed by atoms with Crippen LogP contribution in [0.3, 0.4) is 0 Å². The molecular weight excluding hydrogens is 320 g/mol. The summed E-state index contributed by atoms with van der Waals surface area (Å²) >= 11 is 5.29. The van der Waals surface area contributed by atoms with E-state index < -0.39 is 0 Å². The molecule has 0 amide bonds. The minimum atomic E-state index is 0.741. The molecule has 1 aromatic heterocycles. The second-order valence-corrected chi connectivity index (χ2v) is 7.01. The lowest BCUT2D eigenvalue weighted by Crippen LogP contribution is -2.25. The first-order valence-electron chi connectivity index (χ1n) is 6.53. The van der Waals surface area contributed by atoms with Gasteiger partial charge in [0.2, 0.25) is 0 Å². The Morgan fingerprint density at radius 1 is 1.26 bits per heavy atom. The fraction of sp³-hybridized carbons (Fsp3) is 0.333. The molecule has 1 fully saturated rings. The SMILES string of the molecule is Nc1cc(Br)ccc1CN(Cc1cccs1)C1CC1. The van der Waals surface area contributed by atoms with Crippen LogP contribution in [-0.2, 0) is 13.1 Å². The molecule has 0 unspecified atom stereocenters. The highest BCUT2D eigenvalue weighted by Gasteiger charge is 2.29. The molecule has 1 aromatic carbocycles. The summed E-state index contributed by atoms with van der Waals surface area (Å²) in [4.78, 5) is 3.98. The molecule has 100 valence electrons. The molecule has 0 atom stereocenters. The van der Waals surface area contributed by atoms with Gasteiger partial charge in [0, 0.05) is 34.2 Å². The Morgan fingerprint density at radius 2 is 2.11 bits per heavy atom. The molecule has 1 aliphatic carbocycles. The minimum absolute atomic E-state index is 0.741. The Labute approximate surface area is 126 Å². The first-order chi connectivity index (χ1) is 9.22. The topological polar surface area (TPSA) is 29.3 Å². The Kier molecular flexibility index (Phi) is 3.91. The molecule has 0 spiro atoms. The first-order valence-corrected chi connectivity index (χ1v) is 8.20. The number of hydrogen-bond acceptors (Lipinski definition) is 3. The van der Waals surface area contributed by atoms with Crippen LogP contribution in [0.2, 0.25) is 0 Å². The molecule has 0 radical (unpaired) electrons. The van der Waals surface area contributed by atoms with E-state index in [1.54, 1.807) is 0 Å². The van der Waals surface area contributed by atoms with Crippen molar-refractivity contribution in [3.05, 3.63) is 50.6 Å². The quantitative estimate of drug-likeness (QED) is 0.826. The average molecular weight is 337 g/mol. The van der Waals surface area contributed by atoms with Crippen LogP contribution in [-0.4, -0.2) is 10.9 Å². The number of nitrogens with zero attached hydrogens (tertiary/aromatic N) is 1. The summed E-state index contributed by atoms with van der Waals surface area (Å²) < 4.78 is 1.05. The van der Waals surface area contributed by atoms with Gasteiger partial charge in [0.25, 0.3) is 0 Å². The van der Waals surface area contributed by atoms with Crippen LogP contribution in [0, 0.1) is 0 Å². The zero-order valence-corrected chi connectivity index (χ0v) is 13.1. The number of halogens is 1. The molecular formula is C15H17BrN2S. The molecule has 0 saturated heterocycles. The van der Waals surface area contributed by atoms with E-state index in [0.29, 0.717) is 0 Å². The fourth-order valence-corrected chi connectivity index (χ4v) is 3.39. The molecule has 1 aliphatic rings. The zero-order valence-electron chi connectivity index (χ0n) is 10.7. The number of benzene rings is 1. The highest BCUT2D eigenvalue weighted by molar-refractivity contribution is 9.10. The number of anilines is 1. The van der Waals surface area contributed by atoms with Crippen molar-refractivity contribution < 1.29 is 0 Å². The molecule has 0 aliphatic heterocycles. The van der Waals surface area contributed by atoms with E-state index in [1.807, 2.05) is 17.4 Å². The van der Waals surface area contributed by atoms with Crippen LogP contribution < -0.4 is 5.73 Å². The van der Waals surface area contributed by atoms with Gasteiger partial charge in [-0.2, -0.15) is 0 Å². The van der Waals surface area contributed by atoms with Gasteiger partial charge in [0.05, 0.1) is 0 Å². The van der Waals surface area contributed by atoms with Gasteiger partial charge < -0.3 is 5.73 Å². The van der Waals surface area contributed by atoms with Crippen LogP contribution in [0.4, 0.5) is 5.69 Å². The number of nitrogen functional groups attached to an aromatic ring is 1. The summed E-state index contributed by atoms with van der Waals surface area (Å²) in [5.74, 6) is 0. The van der Waals surface area contributed by atoms with Crippen molar-refractivity contribution in [1.29, 1.82) is 0 Å². The monoisotopic (exact) mass is 336 g/mol. The van der Waals surface area contributed by atoms with E-state index in [1.165, 1.54) is 23.3 Å². The fourth-order valence-electron chi connectivity index (χ4n) is 2.29. The molecule has 1 heterocycles. The highest BCUT2D eigenvalue weighted by Crippen LogP contribution is 2.32. The Hall–Kier alpha value is -0.840.